The number of rotatable bonds is 11. The number of amides is 3. The van der Waals surface area contributed by atoms with Gasteiger partial charge in [-0.15, -0.1) is 0 Å². The van der Waals surface area contributed by atoms with Gasteiger partial charge >= 0.3 is 6.09 Å². The third-order valence-electron chi connectivity index (χ3n) is 6.84. The van der Waals surface area contributed by atoms with E-state index in [0.717, 1.165) is 32.1 Å². The van der Waals surface area contributed by atoms with E-state index in [0.29, 0.717) is 23.6 Å². The fourth-order valence-electron chi connectivity index (χ4n) is 4.86. The molecule has 4 atom stereocenters. The summed E-state index contributed by atoms with van der Waals surface area (Å²) >= 11 is 5.96. The number of alkyl carbamates (subject to hydrolysis) is 1. The molecule has 1 aliphatic heterocycles. The molecule has 11 nitrogen and oxygen atoms in total. The first-order valence-electron chi connectivity index (χ1n) is 12.4. The Balaban J connectivity index is 1.71. The van der Waals surface area contributed by atoms with Crippen molar-refractivity contribution < 1.29 is 37.2 Å². The van der Waals surface area contributed by atoms with Gasteiger partial charge in [0.2, 0.25) is 17.3 Å². The summed E-state index contributed by atoms with van der Waals surface area (Å²) in [4.78, 5) is 37.9. The first-order chi connectivity index (χ1) is 17.5. The molecule has 1 heterocycles. The summed E-state index contributed by atoms with van der Waals surface area (Å²) in [5.74, 6) is -1.56. The maximum atomic E-state index is 13.3. The molecule has 2 aliphatic rings. The predicted molar refractivity (Wildman–Crippen MR) is 135 cm³/mol. The molecular formula is C24H34ClN3O8S. The minimum Gasteiger partial charge on any atom is -0.445 e. The molecule has 0 spiro atoms. The van der Waals surface area contributed by atoms with Crippen molar-refractivity contribution in [2.75, 3.05) is 6.54 Å². The number of aliphatic hydroxyl groups is 1. The molecule has 37 heavy (non-hydrogen) atoms. The Morgan fingerprint density at radius 2 is 1.86 bits per heavy atom. The Morgan fingerprint density at radius 1 is 1.14 bits per heavy atom. The molecule has 3 unspecified atom stereocenters. The van der Waals surface area contributed by atoms with Crippen molar-refractivity contribution in [3.8, 4) is 0 Å². The fourth-order valence-corrected chi connectivity index (χ4v) is 5.67. The molecule has 1 aliphatic carbocycles. The molecule has 1 aromatic carbocycles. The fraction of sp³-hybridized carbons (Fsp3) is 0.625. The average molecular weight is 560 g/mol. The van der Waals surface area contributed by atoms with Gasteiger partial charge in [0.15, 0.2) is 0 Å². The van der Waals surface area contributed by atoms with E-state index in [1.807, 2.05) is 0 Å². The van der Waals surface area contributed by atoms with Crippen molar-refractivity contribution in [2.24, 2.45) is 11.8 Å². The minimum atomic E-state index is -4.94. The highest BCUT2D eigenvalue weighted by Gasteiger charge is 2.38. The Bertz CT molecular complexity index is 1060. The van der Waals surface area contributed by atoms with E-state index in [9.17, 15) is 32.5 Å². The maximum Gasteiger partial charge on any atom is 0.408 e. The molecule has 3 amide bonds. The summed E-state index contributed by atoms with van der Waals surface area (Å²) in [7, 11) is -4.94. The topological polar surface area (TPSA) is 171 Å². The summed E-state index contributed by atoms with van der Waals surface area (Å²) in [6.45, 7) is 0.307. The lowest BCUT2D eigenvalue weighted by Gasteiger charge is -2.29. The van der Waals surface area contributed by atoms with Crippen LogP contribution in [0.5, 0.6) is 0 Å². The zero-order valence-electron chi connectivity index (χ0n) is 20.4. The largest absolute Gasteiger partial charge is 0.445 e. The molecule has 1 saturated heterocycles. The van der Waals surface area contributed by atoms with Crippen LogP contribution in [0.2, 0.25) is 5.02 Å². The Kier molecular flexibility index (Phi) is 10.6. The zero-order valence-corrected chi connectivity index (χ0v) is 22.0. The van der Waals surface area contributed by atoms with Crippen molar-refractivity contribution in [1.29, 1.82) is 0 Å². The number of aliphatic hydroxyl groups excluding tert-OH is 1. The van der Waals surface area contributed by atoms with Gasteiger partial charge in [0.25, 0.3) is 10.1 Å². The lowest BCUT2D eigenvalue weighted by atomic mass is 9.84. The summed E-state index contributed by atoms with van der Waals surface area (Å²) in [6, 6.07) is 4.22. The van der Waals surface area contributed by atoms with Gasteiger partial charge < -0.3 is 25.8 Å². The number of hydrogen-bond donors (Lipinski definition) is 5. The van der Waals surface area contributed by atoms with Crippen LogP contribution in [0.3, 0.4) is 0 Å². The van der Waals surface area contributed by atoms with Crippen molar-refractivity contribution >= 4 is 39.6 Å². The SMILES string of the molecule is O=C(NC(CC1CCCCC1)C(=O)N[C@@H](CC1CCNC1=O)C(O)S(=O)(=O)O)OCc1cccc(Cl)c1. The van der Waals surface area contributed by atoms with Crippen molar-refractivity contribution in [1.82, 2.24) is 16.0 Å². The first kappa shape index (κ1) is 29.2. The smallest absolute Gasteiger partial charge is 0.408 e. The average Bonchev–Trinajstić information content (AvgIpc) is 3.25. The summed E-state index contributed by atoms with van der Waals surface area (Å²) in [6.07, 6.45) is 4.48. The summed E-state index contributed by atoms with van der Waals surface area (Å²) < 4.78 is 38.0. The van der Waals surface area contributed by atoms with Gasteiger partial charge in [-0.1, -0.05) is 55.8 Å². The highest BCUT2D eigenvalue weighted by molar-refractivity contribution is 7.86. The van der Waals surface area contributed by atoms with Crippen molar-refractivity contribution in [3.63, 3.8) is 0 Å². The predicted octanol–water partition coefficient (Wildman–Crippen LogP) is 2.12. The number of carbonyl (C=O) groups is 3. The summed E-state index contributed by atoms with van der Waals surface area (Å²) in [5, 5.41) is 18.4. The number of carbonyl (C=O) groups excluding carboxylic acids is 3. The minimum absolute atomic E-state index is 0.0783. The van der Waals surface area contributed by atoms with E-state index < -0.39 is 45.6 Å². The van der Waals surface area contributed by atoms with Crippen LogP contribution in [0.15, 0.2) is 24.3 Å². The monoisotopic (exact) mass is 559 g/mol. The molecule has 13 heteroatoms. The number of hydrogen-bond acceptors (Lipinski definition) is 7. The standard InChI is InChI=1S/C24H34ClN3O8S/c25-18-8-4-7-16(11-18)14-36-24(32)28-19(12-15-5-2-1-3-6-15)22(30)27-20(23(31)37(33,34)35)13-17-9-10-26-21(17)29/h4,7-8,11,15,17,19-20,23,31H,1-3,5-6,9-10,12-14H2,(H,26,29)(H,27,30)(H,28,32)(H,33,34,35)/t17?,19?,20-,23?/m0/s1. The van der Waals surface area contributed by atoms with E-state index in [4.69, 9.17) is 16.3 Å². The molecule has 0 bridgehead atoms. The van der Waals surface area contributed by atoms with Crippen molar-refractivity contribution in [2.45, 2.75) is 75.5 Å². The van der Waals surface area contributed by atoms with Gasteiger partial charge in [-0.25, -0.2) is 4.79 Å². The second kappa shape index (κ2) is 13.4. The third kappa shape index (κ3) is 9.13. The molecule has 3 rings (SSSR count). The lowest BCUT2D eigenvalue weighted by molar-refractivity contribution is -0.126. The lowest BCUT2D eigenvalue weighted by Crippen LogP contribution is -2.55. The van der Waals surface area contributed by atoms with Gasteiger partial charge in [0, 0.05) is 17.5 Å². The third-order valence-corrected chi connectivity index (χ3v) is 8.01. The molecule has 5 N–H and O–H groups in total. The second-order valence-electron chi connectivity index (χ2n) is 9.68. The van der Waals surface area contributed by atoms with E-state index in [-0.39, 0.29) is 31.3 Å². The Hall–Kier alpha value is -2.41. The van der Waals surface area contributed by atoms with Gasteiger partial charge in [-0.05, 0) is 42.9 Å². The second-order valence-corrected chi connectivity index (χ2v) is 11.6. The van der Waals surface area contributed by atoms with Crippen LogP contribution < -0.4 is 16.0 Å². The van der Waals surface area contributed by atoms with Gasteiger partial charge in [-0.3, -0.25) is 14.1 Å². The molecule has 0 aromatic heterocycles. The normalized spacial score (nSPS) is 20.9. The van der Waals surface area contributed by atoms with Crippen LogP contribution in [-0.2, 0) is 31.1 Å². The van der Waals surface area contributed by atoms with Crippen molar-refractivity contribution in [3.05, 3.63) is 34.9 Å². The van der Waals surface area contributed by atoms with Crippen LogP contribution in [0.4, 0.5) is 4.79 Å². The van der Waals surface area contributed by atoms with E-state index in [2.05, 4.69) is 16.0 Å². The summed E-state index contributed by atoms with van der Waals surface area (Å²) in [5.41, 5.74) is -1.68. The Labute approximate surface area is 221 Å². The van der Waals surface area contributed by atoms with E-state index >= 15 is 0 Å². The van der Waals surface area contributed by atoms with Gasteiger partial charge in [-0.2, -0.15) is 8.42 Å². The van der Waals surface area contributed by atoms with Crippen LogP contribution in [0.1, 0.15) is 56.9 Å². The highest BCUT2D eigenvalue weighted by atomic mass is 35.5. The molecular weight excluding hydrogens is 526 g/mol. The van der Waals surface area contributed by atoms with Crippen LogP contribution in [-0.4, -0.2) is 60.0 Å². The number of benzene rings is 1. The number of halogens is 1. The van der Waals surface area contributed by atoms with Crippen LogP contribution >= 0.6 is 11.6 Å². The molecule has 206 valence electrons. The quantitative estimate of drug-likeness (QED) is 0.256. The van der Waals surface area contributed by atoms with Gasteiger partial charge in [0.05, 0.1) is 6.04 Å². The van der Waals surface area contributed by atoms with Crippen LogP contribution in [0.25, 0.3) is 0 Å². The Morgan fingerprint density at radius 3 is 2.49 bits per heavy atom. The highest BCUT2D eigenvalue weighted by Crippen LogP contribution is 2.28. The zero-order chi connectivity index (χ0) is 27.0. The molecule has 0 radical (unpaired) electrons. The van der Waals surface area contributed by atoms with E-state index in [1.54, 1.807) is 24.3 Å². The molecule has 1 saturated carbocycles. The van der Waals surface area contributed by atoms with Crippen LogP contribution in [0, 0.1) is 11.8 Å². The van der Waals surface area contributed by atoms with Gasteiger partial charge in [0.1, 0.15) is 12.6 Å². The number of nitrogens with one attached hydrogen (secondary N) is 3. The molecule has 1 aromatic rings. The first-order valence-corrected chi connectivity index (χ1v) is 14.3. The van der Waals surface area contributed by atoms with E-state index in [1.165, 1.54) is 0 Å². The molecule has 2 fully saturated rings. The maximum absolute atomic E-state index is 13.3. The number of ether oxygens (including phenoxy) is 1.